The third-order valence-electron chi connectivity index (χ3n) is 5.41. The highest BCUT2D eigenvalue weighted by Crippen LogP contribution is 2.30. The van der Waals surface area contributed by atoms with Crippen molar-refractivity contribution in [1.29, 1.82) is 0 Å². The van der Waals surface area contributed by atoms with Crippen LogP contribution in [0.4, 0.5) is 5.69 Å². The van der Waals surface area contributed by atoms with Crippen LogP contribution in [0.5, 0.6) is 0 Å². The van der Waals surface area contributed by atoms with E-state index in [2.05, 4.69) is 10.3 Å². The Labute approximate surface area is 204 Å². The van der Waals surface area contributed by atoms with Gasteiger partial charge in [0.2, 0.25) is 5.91 Å². The molecule has 5 aromatic rings. The van der Waals surface area contributed by atoms with Gasteiger partial charge in [0.15, 0.2) is 5.16 Å². The summed E-state index contributed by atoms with van der Waals surface area (Å²) >= 11 is 2.62. The third kappa shape index (κ3) is 4.60. The van der Waals surface area contributed by atoms with Crippen LogP contribution in [0.15, 0.2) is 76.8 Å². The molecule has 0 fully saturated rings. The van der Waals surface area contributed by atoms with Crippen molar-refractivity contribution >= 4 is 55.1 Å². The first-order valence-corrected chi connectivity index (χ1v) is 12.6. The predicted molar refractivity (Wildman–Crippen MR) is 140 cm³/mol. The van der Waals surface area contributed by atoms with Crippen LogP contribution >= 0.6 is 23.1 Å². The average molecular weight is 487 g/mol. The number of fused-ring (bicyclic) bond motifs is 3. The molecule has 0 aliphatic heterocycles. The number of hydrogen-bond acceptors (Lipinski definition) is 6. The maximum Gasteiger partial charge on any atom is 0.272 e. The first-order chi connectivity index (χ1) is 16.5. The van der Waals surface area contributed by atoms with E-state index in [9.17, 15) is 9.59 Å². The maximum absolute atomic E-state index is 13.6. The Bertz CT molecular complexity index is 1570. The first-order valence-electron chi connectivity index (χ1n) is 10.8. The molecule has 0 atom stereocenters. The number of thioether (sulfide) groups is 1. The molecule has 1 N–H and O–H groups in total. The van der Waals surface area contributed by atoms with Crippen LogP contribution in [0.1, 0.15) is 16.7 Å². The molecule has 34 heavy (non-hydrogen) atoms. The quantitative estimate of drug-likeness (QED) is 0.257. The number of pyridine rings is 1. The first kappa shape index (κ1) is 22.3. The topological polar surface area (TPSA) is 76.9 Å². The van der Waals surface area contributed by atoms with E-state index >= 15 is 0 Å². The van der Waals surface area contributed by atoms with Crippen molar-refractivity contribution in [2.75, 3.05) is 11.1 Å². The summed E-state index contributed by atoms with van der Waals surface area (Å²) in [7, 11) is 0. The molecule has 0 aliphatic rings. The number of nitrogens with zero attached hydrogens (tertiary/aromatic N) is 3. The van der Waals surface area contributed by atoms with Crippen molar-refractivity contribution in [2.45, 2.75) is 25.5 Å². The fourth-order valence-corrected chi connectivity index (χ4v) is 5.54. The van der Waals surface area contributed by atoms with Gasteiger partial charge in [-0.05, 0) is 49.2 Å². The maximum atomic E-state index is 13.6. The summed E-state index contributed by atoms with van der Waals surface area (Å²) in [5.74, 6) is -0.0104. The second kappa shape index (κ2) is 9.40. The van der Waals surface area contributed by atoms with E-state index in [4.69, 9.17) is 4.98 Å². The molecule has 2 aromatic carbocycles. The summed E-state index contributed by atoms with van der Waals surface area (Å²) in [5, 5.41) is 4.29. The number of benzene rings is 2. The Balaban J connectivity index is 1.51. The van der Waals surface area contributed by atoms with Crippen molar-refractivity contribution in [3.8, 4) is 0 Å². The van der Waals surface area contributed by atoms with E-state index < -0.39 is 0 Å². The Hall–Kier alpha value is -3.49. The normalized spacial score (nSPS) is 11.2. The number of hydrogen-bond donors (Lipinski definition) is 1. The molecule has 0 bridgehead atoms. The third-order valence-corrected chi connectivity index (χ3v) is 7.48. The van der Waals surface area contributed by atoms with Gasteiger partial charge in [-0.2, -0.15) is 0 Å². The van der Waals surface area contributed by atoms with Crippen LogP contribution in [-0.4, -0.2) is 26.2 Å². The fraction of sp³-hybridized carbons (Fsp3) is 0.154. The summed E-state index contributed by atoms with van der Waals surface area (Å²) in [4.78, 5) is 36.2. The van der Waals surface area contributed by atoms with E-state index in [1.54, 1.807) is 10.8 Å². The van der Waals surface area contributed by atoms with Gasteiger partial charge in [-0.15, -0.1) is 11.3 Å². The lowest BCUT2D eigenvalue weighted by Crippen LogP contribution is -2.24. The van der Waals surface area contributed by atoms with Crippen LogP contribution in [0, 0.1) is 13.8 Å². The van der Waals surface area contributed by atoms with Gasteiger partial charge in [0, 0.05) is 17.3 Å². The molecule has 1 amide bonds. The average Bonchev–Trinajstić information content (AvgIpc) is 3.20. The van der Waals surface area contributed by atoms with Crippen molar-refractivity contribution in [1.82, 2.24) is 14.5 Å². The van der Waals surface area contributed by atoms with E-state index in [0.717, 1.165) is 32.6 Å². The smallest absolute Gasteiger partial charge is 0.272 e. The molecule has 8 heteroatoms. The van der Waals surface area contributed by atoms with Gasteiger partial charge in [0.1, 0.15) is 9.53 Å². The number of rotatable bonds is 6. The van der Waals surface area contributed by atoms with Crippen LogP contribution < -0.4 is 10.9 Å². The predicted octanol–water partition coefficient (Wildman–Crippen LogP) is 5.40. The lowest BCUT2D eigenvalue weighted by Gasteiger charge is -2.13. The molecule has 0 saturated carbocycles. The molecule has 3 heterocycles. The minimum absolute atomic E-state index is 0.116. The zero-order valence-electron chi connectivity index (χ0n) is 18.7. The van der Waals surface area contributed by atoms with Crippen LogP contribution in [0.25, 0.3) is 20.4 Å². The summed E-state index contributed by atoms with van der Waals surface area (Å²) in [6.07, 6.45) is 1.72. The fourth-order valence-electron chi connectivity index (χ4n) is 3.72. The highest BCUT2D eigenvalue weighted by Gasteiger charge is 2.18. The summed E-state index contributed by atoms with van der Waals surface area (Å²) in [6.45, 7) is 4.39. The molecular weight excluding hydrogens is 464 g/mol. The Morgan fingerprint density at radius 2 is 1.88 bits per heavy atom. The SMILES string of the molecule is Cc1ccc(Cn2c(SCC(=O)Nc3cccc(C)c3)nc3c(sc4ncccc43)c2=O)cc1. The molecule has 6 nitrogen and oxygen atoms in total. The van der Waals surface area contributed by atoms with Gasteiger partial charge in [-0.1, -0.05) is 53.7 Å². The molecule has 0 unspecified atom stereocenters. The molecule has 0 aliphatic carbocycles. The van der Waals surface area contributed by atoms with Crippen molar-refractivity contribution in [3.63, 3.8) is 0 Å². The van der Waals surface area contributed by atoms with Crippen LogP contribution in [-0.2, 0) is 11.3 Å². The standard InChI is InChI=1S/C26H22N4O2S2/c1-16-8-10-18(11-9-16)14-30-25(32)23-22(20-7-4-12-27-24(20)34-23)29-26(30)33-15-21(31)28-19-6-3-5-17(2)13-19/h3-13H,14-15H2,1-2H3,(H,28,31). The molecular formula is C26H22N4O2S2. The summed E-state index contributed by atoms with van der Waals surface area (Å²) in [5.41, 5.74) is 4.50. The largest absolute Gasteiger partial charge is 0.325 e. The summed E-state index contributed by atoms with van der Waals surface area (Å²) < 4.78 is 2.24. The highest BCUT2D eigenvalue weighted by molar-refractivity contribution is 7.99. The monoisotopic (exact) mass is 486 g/mol. The Kier molecular flexibility index (Phi) is 6.17. The number of carbonyl (C=O) groups is 1. The second-order valence-corrected chi connectivity index (χ2v) is 10.1. The number of aromatic nitrogens is 3. The van der Waals surface area contributed by atoms with E-state index in [0.29, 0.717) is 21.9 Å². The molecule has 0 spiro atoms. The second-order valence-electron chi connectivity index (χ2n) is 8.11. The minimum atomic E-state index is -0.149. The van der Waals surface area contributed by atoms with Gasteiger partial charge in [-0.25, -0.2) is 9.97 Å². The number of nitrogens with one attached hydrogen (secondary N) is 1. The van der Waals surface area contributed by atoms with E-state index in [1.165, 1.54) is 23.1 Å². The molecule has 0 radical (unpaired) electrons. The highest BCUT2D eigenvalue weighted by atomic mass is 32.2. The van der Waals surface area contributed by atoms with E-state index in [-0.39, 0.29) is 17.2 Å². The van der Waals surface area contributed by atoms with Crippen LogP contribution in [0.3, 0.4) is 0 Å². The molecule has 5 rings (SSSR count). The van der Waals surface area contributed by atoms with Gasteiger partial charge in [0.05, 0.1) is 17.8 Å². The van der Waals surface area contributed by atoms with Gasteiger partial charge >= 0.3 is 0 Å². The zero-order valence-corrected chi connectivity index (χ0v) is 20.4. The zero-order chi connectivity index (χ0) is 23.7. The van der Waals surface area contributed by atoms with Gasteiger partial charge in [-0.3, -0.25) is 14.2 Å². The number of amides is 1. The number of aryl methyl sites for hydroxylation is 2. The molecule has 170 valence electrons. The Morgan fingerprint density at radius 1 is 1.06 bits per heavy atom. The number of thiophene rings is 1. The van der Waals surface area contributed by atoms with Crippen molar-refractivity contribution in [3.05, 3.63) is 93.9 Å². The number of anilines is 1. The number of carbonyl (C=O) groups excluding carboxylic acids is 1. The van der Waals surface area contributed by atoms with Crippen molar-refractivity contribution in [2.24, 2.45) is 0 Å². The molecule has 0 saturated heterocycles. The Morgan fingerprint density at radius 3 is 2.68 bits per heavy atom. The lowest BCUT2D eigenvalue weighted by molar-refractivity contribution is -0.113. The van der Waals surface area contributed by atoms with E-state index in [1.807, 2.05) is 74.5 Å². The molecule has 3 aromatic heterocycles. The van der Waals surface area contributed by atoms with Gasteiger partial charge in [0.25, 0.3) is 5.56 Å². The van der Waals surface area contributed by atoms with Crippen molar-refractivity contribution < 1.29 is 4.79 Å². The lowest BCUT2D eigenvalue weighted by atomic mass is 10.1. The minimum Gasteiger partial charge on any atom is -0.325 e. The van der Waals surface area contributed by atoms with Crippen LogP contribution in [0.2, 0.25) is 0 Å². The summed E-state index contributed by atoms with van der Waals surface area (Å²) in [6, 6.07) is 19.5. The van der Waals surface area contributed by atoms with Gasteiger partial charge < -0.3 is 5.32 Å².